The van der Waals surface area contributed by atoms with Gasteiger partial charge in [-0.25, -0.2) is 9.97 Å². The second-order valence-electron chi connectivity index (χ2n) is 6.06. The fourth-order valence-electron chi connectivity index (χ4n) is 2.83. The summed E-state index contributed by atoms with van der Waals surface area (Å²) in [4.78, 5) is 28.5. The van der Waals surface area contributed by atoms with Crippen molar-refractivity contribution in [3.05, 3.63) is 90.8 Å². The van der Waals surface area contributed by atoms with Crippen molar-refractivity contribution < 1.29 is 4.79 Å². The van der Waals surface area contributed by atoms with Gasteiger partial charge in [-0.2, -0.15) is 0 Å². The van der Waals surface area contributed by atoms with Crippen LogP contribution in [-0.4, -0.2) is 25.8 Å². The van der Waals surface area contributed by atoms with Crippen LogP contribution in [0.3, 0.4) is 0 Å². The molecule has 1 amide bonds. The summed E-state index contributed by atoms with van der Waals surface area (Å²) < 4.78 is 0. The molecule has 3 N–H and O–H groups in total. The Morgan fingerprint density at radius 3 is 2.64 bits per heavy atom. The van der Waals surface area contributed by atoms with Gasteiger partial charge in [-0.15, -0.1) is 0 Å². The summed E-state index contributed by atoms with van der Waals surface area (Å²) in [5.74, 6) is 0.280. The summed E-state index contributed by atoms with van der Waals surface area (Å²) in [7, 11) is 0. The second kappa shape index (κ2) is 8.13. The third kappa shape index (κ3) is 3.88. The molecule has 0 fully saturated rings. The maximum atomic E-state index is 12.9. The lowest BCUT2D eigenvalue weighted by molar-refractivity contribution is 0.102. The Labute approximate surface area is 161 Å². The van der Waals surface area contributed by atoms with E-state index in [2.05, 4.69) is 30.6 Å². The van der Waals surface area contributed by atoms with E-state index < -0.39 is 0 Å². The molecule has 7 heteroatoms. The third-order valence-electron chi connectivity index (χ3n) is 4.21. The number of nitrogens with zero attached hydrogens (tertiary/aromatic N) is 3. The zero-order valence-electron chi connectivity index (χ0n) is 15.0. The average molecular weight is 370 g/mol. The molecule has 0 aliphatic heterocycles. The predicted molar refractivity (Wildman–Crippen MR) is 108 cm³/mol. The number of anilines is 2. The van der Waals surface area contributed by atoms with Crippen LogP contribution in [0.15, 0.2) is 79.6 Å². The van der Waals surface area contributed by atoms with E-state index in [1.807, 2.05) is 36.4 Å². The molecule has 138 valence electrons. The van der Waals surface area contributed by atoms with Gasteiger partial charge in [0, 0.05) is 36.9 Å². The van der Waals surface area contributed by atoms with E-state index in [1.165, 1.54) is 0 Å². The first-order valence-corrected chi connectivity index (χ1v) is 8.78. The first kappa shape index (κ1) is 17.4. The number of benzene rings is 1. The van der Waals surface area contributed by atoms with E-state index in [9.17, 15) is 4.79 Å². The zero-order valence-corrected chi connectivity index (χ0v) is 15.0. The molecule has 4 rings (SSSR count). The molecule has 0 saturated carbocycles. The highest BCUT2D eigenvalue weighted by Gasteiger charge is 2.15. The predicted octanol–water partition coefficient (Wildman–Crippen LogP) is 3.73. The van der Waals surface area contributed by atoms with Crippen LogP contribution < -0.4 is 10.6 Å². The number of carbonyl (C=O) groups is 1. The van der Waals surface area contributed by atoms with Crippen LogP contribution in [0.1, 0.15) is 15.9 Å². The molecule has 1 aromatic carbocycles. The van der Waals surface area contributed by atoms with Crippen molar-refractivity contribution in [2.75, 3.05) is 10.6 Å². The van der Waals surface area contributed by atoms with Gasteiger partial charge in [0.2, 0.25) is 0 Å². The lowest BCUT2D eigenvalue weighted by atomic mass is 10.1. The van der Waals surface area contributed by atoms with Gasteiger partial charge in [-0.05, 0) is 35.9 Å². The summed E-state index contributed by atoms with van der Waals surface area (Å²) >= 11 is 0. The fraction of sp³-hybridized carbons (Fsp3) is 0.0476. The average Bonchev–Trinajstić information content (AvgIpc) is 3.28. The second-order valence-corrected chi connectivity index (χ2v) is 6.06. The van der Waals surface area contributed by atoms with Crippen LogP contribution >= 0.6 is 0 Å². The SMILES string of the molecule is O=C(Nc1ccccc1-c1c[nH]cn1)c1cccnc1NCc1ccncc1. The number of pyridine rings is 2. The fourth-order valence-corrected chi connectivity index (χ4v) is 2.83. The summed E-state index contributed by atoms with van der Waals surface area (Å²) in [6, 6.07) is 14.9. The highest BCUT2D eigenvalue weighted by atomic mass is 16.1. The number of rotatable bonds is 6. The summed E-state index contributed by atoms with van der Waals surface area (Å²) in [5.41, 5.74) is 3.80. The number of amides is 1. The molecule has 0 bridgehead atoms. The maximum Gasteiger partial charge on any atom is 0.259 e. The van der Waals surface area contributed by atoms with Gasteiger partial charge in [0.15, 0.2) is 0 Å². The van der Waals surface area contributed by atoms with E-state index in [0.29, 0.717) is 23.6 Å². The van der Waals surface area contributed by atoms with Crippen LogP contribution in [-0.2, 0) is 6.54 Å². The minimum atomic E-state index is -0.242. The van der Waals surface area contributed by atoms with E-state index in [0.717, 1.165) is 16.8 Å². The molecular formula is C21H18N6O. The van der Waals surface area contributed by atoms with E-state index in [1.54, 1.807) is 43.2 Å². The molecule has 0 saturated heterocycles. The quantitative estimate of drug-likeness (QED) is 0.481. The standard InChI is InChI=1S/C21H18N6O/c28-21(27-18-6-2-1-4-16(18)19-13-23-14-26-19)17-5-3-9-24-20(17)25-12-15-7-10-22-11-8-15/h1-11,13-14H,12H2,(H,23,26)(H,24,25)(H,27,28). The Morgan fingerprint density at radius 1 is 0.964 bits per heavy atom. The van der Waals surface area contributed by atoms with E-state index in [4.69, 9.17) is 0 Å². The lowest BCUT2D eigenvalue weighted by Gasteiger charge is -2.13. The molecule has 3 heterocycles. The molecule has 0 spiro atoms. The Morgan fingerprint density at radius 2 is 1.82 bits per heavy atom. The molecule has 0 unspecified atom stereocenters. The van der Waals surface area contributed by atoms with Gasteiger partial charge in [0.25, 0.3) is 5.91 Å². The number of hydrogen-bond donors (Lipinski definition) is 3. The first-order chi connectivity index (χ1) is 13.8. The van der Waals surface area contributed by atoms with Gasteiger partial charge in [0.05, 0.1) is 23.3 Å². The van der Waals surface area contributed by atoms with Gasteiger partial charge in [-0.1, -0.05) is 18.2 Å². The van der Waals surface area contributed by atoms with Crippen molar-refractivity contribution in [2.45, 2.75) is 6.54 Å². The highest BCUT2D eigenvalue weighted by Crippen LogP contribution is 2.26. The molecule has 4 aromatic rings. The minimum Gasteiger partial charge on any atom is -0.365 e. The van der Waals surface area contributed by atoms with Crippen molar-refractivity contribution in [1.82, 2.24) is 19.9 Å². The Kier molecular flexibility index (Phi) is 5.06. The van der Waals surface area contributed by atoms with Crippen molar-refractivity contribution in [1.29, 1.82) is 0 Å². The number of aromatic amines is 1. The topological polar surface area (TPSA) is 95.6 Å². The highest BCUT2D eigenvalue weighted by molar-refractivity contribution is 6.08. The molecule has 0 atom stereocenters. The number of carbonyl (C=O) groups excluding carboxylic acids is 1. The molecule has 0 aliphatic carbocycles. The smallest absolute Gasteiger partial charge is 0.259 e. The largest absolute Gasteiger partial charge is 0.365 e. The molecular weight excluding hydrogens is 352 g/mol. The zero-order chi connectivity index (χ0) is 19.2. The van der Waals surface area contributed by atoms with E-state index >= 15 is 0 Å². The number of hydrogen-bond acceptors (Lipinski definition) is 5. The van der Waals surface area contributed by atoms with Crippen molar-refractivity contribution in [3.8, 4) is 11.3 Å². The Bertz CT molecular complexity index is 1060. The van der Waals surface area contributed by atoms with Crippen molar-refractivity contribution in [2.24, 2.45) is 0 Å². The molecule has 0 aliphatic rings. The van der Waals surface area contributed by atoms with E-state index in [-0.39, 0.29) is 5.91 Å². The van der Waals surface area contributed by atoms with Crippen LogP contribution in [0, 0.1) is 0 Å². The number of imidazole rings is 1. The summed E-state index contributed by atoms with van der Waals surface area (Å²) in [6.07, 6.45) is 8.51. The molecule has 3 aromatic heterocycles. The third-order valence-corrected chi connectivity index (χ3v) is 4.21. The van der Waals surface area contributed by atoms with Gasteiger partial charge >= 0.3 is 0 Å². The maximum absolute atomic E-state index is 12.9. The number of H-pyrrole nitrogens is 1. The molecule has 0 radical (unpaired) electrons. The number of aromatic nitrogens is 4. The normalized spacial score (nSPS) is 10.4. The summed E-state index contributed by atoms with van der Waals surface area (Å²) in [5, 5.41) is 6.19. The summed E-state index contributed by atoms with van der Waals surface area (Å²) in [6.45, 7) is 0.545. The first-order valence-electron chi connectivity index (χ1n) is 8.78. The Hall–Kier alpha value is -4.00. The lowest BCUT2D eigenvalue weighted by Crippen LogP contribution is -2.16. The number of nitrogens with one attached hydrogen (secondary N) is 3. The van der Waals surface area contributed by atoms with Crippen LogP contribution in [0.5, 0.6) is 0 Å². The Balaban J connectivity index is 1.55. The van der Waals surface area contributed by atoms with Gasteiger partial charge < -0.3 is 15.6 Å². The van der Waals surface area contributed by atoms with Crippen LogP contribution in [0.4, 0.5) is 11.5 Å². The van der Waals surface area contributed by atoms with Crippen molar-refractivity contribution in [3.63, 3.8) is 0 Å². The van der Waals surface area contributed by atoms with Crippen LogP contribution in [0.25, 0.3) is 11.3 Å². The van der Waals surface area contributed by atoms with Gasteiger partial charge in [0.1, 0.15) is 5.82 Å². The molecule has 28 heavy (non-hydrogen) atoms. The van der Waals surface area contributed by atoms with Crippen molar-refractivity contribution >= 4 is 17.4 Å². The van der Waals surface area contributed by atoms with Gasteiger partial charge in [-0.3, -0.25) is 9.78 Å². The minimum absolute atomic E-state index is 0.242. The van der Waals surface area contributed by atoms with Crippen LogP contribution in [0.2, 0.25) is 0 Å². The molecule has 7 nitrogen and oxygen atoms in total. The number of para-hydroxylation sites is 1. The monoisotopic (exact) mass is 370 g/mol.